The summed E-state index contributed by atoms with van der Waals surface area (Å²) in [6.45, 7) is 0.343. The number of amides is 1. The van der Waals surface area contributed by atoms with Gasteiger partial charge in [-0.3, -0.25) is 4.79 Å². The van der Waals surface area contributed by atoms with Crippen LogP contribution in [0.25, 0.3) is 0 Å². The van der Waals surface area contributed by atoms with Crippen molar-refractivity contribution in [2.75, 3.05) is 24.3 Å². The van der Waals surface area contributed by atoms with E-state index in [1.807, 2.05) is 12.1 Å². The summed E-state index contributed by atoms with van der Waals surface area (Å²) < 4.78 is 23.9. The summed E-state index contributed by atoms with van der Waals surface area (Å²) in [5.41, 5.74) is 0.725. The summed E-state index contributed by atoms with van der Waals surface area (Å²) >= 11 is 1.54. The van der Waals surface area contributed by atoms with Crippen molar-refractivity contribution in [2.45, 2.75) is 23.8 Å². The molecule has 7 heteroatoms. The van der Waals surface area contributed by atoms with Crippen LogP contribution < -0.4 is 5.32 Å². The number of rotatable bonds is 7. The Morgan fingerprint density at radius 2 is 2.07 bits per heavy atom. The number of ether oxygens (including phenoxy) is 2. The first kappa shape index (κ1) is 19.4. The molecule has 1 aliphatic heterocycles. The number of nitrogens with one attached hydrogen (secondary N) is 1. The monoisotopic (exact) mass is 389 g/mol. The smallest absolute Gasteiger partial charge is 0.339 e. The fourth-order valence-corrected chi connectivity index (χ4v) is 3.80. The van der Waals surface area contributed by atoms with Crippen LogP contribution in [0, 0.1) is 5.82 Å². The standard InChI is InChI=1S/C20H20FNO4S/c21-14-5-3-6-15(11-14)22-19(23)12-26-20(24)17-8-1-2-9-18(17)27-13-16-7-4-10-25-16/h1-3,5-6,8-9,11,16H,4,7,10,12-13H2,(H,22,23)/t16-/m0/s1. The largest absolute Gasteiger partial charge is 0.452 e. The summed E-state index contributed by atoms with van der Waals surface area (Å²) in [5, 5.41) is 2.49. The topological polar surface area (TPSA) is 64.6 Å². The third-order valence-electron chi connectivity index (χ3n) is 4.00. The molecule has 1 aliphatic rings. The van der Waals surface area contributed by atoms with Crippen LogP contribution in [0.15, 0.2) is 53.4 Å². The van der Waals surface area contributed by atoms with Crippen molar-refractivity contribution in [3.05, 3.63) is 59.9 Å². The molecule has 27 heavy (non-hydrogen) atoms. The van der Waals surface area contributed by atoms with Crippen molar-refractivity contribution in [1.29, 1.82) is 0 Å². The van der Waals surface area contributed by atoms with E-state index in [2.05, 4.69) is 5.32 Å². The van der Waals surface area contributed by atoms with Crippen LogP contribution in [0.4, 0.5) is 10.1 Å². The van der Waals surface area contributed by atoms with Crippen molar-refractivity contribution in [3.8, 4) is 0 Å². The zero-order valence-corrected chi connectivity index (χ0v) is 15.5. The summed E-state index contributed by atoms with van der Waals surface area (Å²) in [6, 6.07) is 12.6. The summed E-state index contributed by atoms with van der Waals surface area (Å²) in [5.74, 6) is -0.787. The number of benzene rings is 2. The van der Waals surface area contributed by atoms with Crippen LogP contribution in [0.2, 0.25) is 0 Å². The number of thioether (sulfide) groups is 1. The van der Waals surface area contributed by atoms with Crippen molar-refractivity contribution in [1.82, 2.24) is 0 Å². The maximum absolute atomic E-state index is 13.1. The number of anilines is 1. The van der Waals surface area contributed by atoms with Gasteiger partial charge in [-0.25, -0.2) is 9.18 Å². The highest BCUT2D eigenvalue weighted by atomic mass is 32.2. The Labute approximate surface area is 161 Å². The highest BCUT2D eigenvalue weighted by Crippen LogP contribution is 2.27. The second kappa shape index (κ2) is 9.53. The van der Waals surface area contributed by atoms with E-state index < -0.39 is 24.3 Å². The van der Waals surface area contributed by atoms with Gasteiger partial charge in [0, 0.05) is 22.9 Å². The minimum Gasteiger partial charge on any atom is -0.452 e. The molecule has 2 aromatic rings. The van der Waals surface area contributed by atoms with Crippen LogP contribution in [-0.2, 0) is 14.3 Å². The van der Waals surface area contributed by atoms with Gasteiger partial charge in [-0.2, -0.15) is 0 Å². The predicted octanol–water partition coefficient (Wildman–Crippen LogP) is 3.89. The van der Waals surface area contributed by atoms with Gasteiger partial charge in [0.1, 0.15) is 5.82 Å². The lowest BCUT2D eigenvalue weighted by atomic mass is 10.2. The maximum atomic E-state index is 13.1. The lowest BCUT2D eigenvalue weighted by Crippen LogP contribution is -2.21. The lowest BCUT2D eigenvalue weighted by molar-refractivity contribution is -0.119. The van der Waals surface area contributed by atoms with Gasteiger partial charge in [0.2, 0.25) is 0 Å². The molecule has 2 aromatic carbocycles. The minimum absolute atomic E-state index is 0.205. The van der Waals surface area contributed by atoms with Crippen molar-refractivity contribution in [2.24, 2.45) is 0 Å². The molecule has 0 aromatic heterocycles. The SMILES string of the molecule is O=C(COC(=O)c1ccccc1SC[C@@H]1CCCO1)Nc1cccc(F)c1. The molecule has 0 unspecified atom stereocenters. The van der Waals surface area contributed by atoms with E-state index >= 15 is 0 Å². The molecule has 1 heterocycles. The molecule has 5 nitrogen and oxygen atoms in total. The average molecular weight is 389 g/mol. The molecular weight excluding hydrogens is 369 g/mol. The molecule has 1 N–H and O–H groups in total. The van der Waals surface area contributed by atoms with E-state index in [4.69, 9.17) is 9.47 Å². The van der Waals surface area contributed by atoms with Crippen LogP contribution in [0.5, 0.6) is 0 Å². The zero-order chi connectivity index (χ0) is 19.1. The Kier molecular flexibility index (Phi) is 6.84. The van der Waals surface area contributed by atoms with Gasteiger partial charge in [0.25, 0.3) is 5.91 Å². The van der Waals surface area contributed by atoms with E-state index in [1.165, 1.54) is 18.2 Å². The Morgan fingerprint density at radius 1 is 1.22 bits per heavy atom. The highest BCUT2D eigenvalue weighted by Gasteiger charge is 2.19. The number of carbonyl (C=O) groups excluding carboxylic acids is 2. The Balaban J connectivity index is 1.53. The lowest BCUT2D eigenvalue weighted by Gasteiger charge is -2.12. The second-order valence-electron chi connectivity index (χ2n) is 6.08. The summed E-state index contributed by atoms with van der Waals surface area (Å²) in [4.78, 5) is 25.1. The van der Waals surface area contributed by atoms with Gasteiger partial charge in [-0.05, 0) is 43.2 Å². The van der Waals surface area contributed by atoms with Gasteiger partial charge >= 0.3 is 5.97 Å². The Hall–Kier alpha value is -2.38. The third kappa shape index (κ3) is 5.80. The molecule has 0 saturated carbocycles. The summed E-state index contributed by atoms with van der Waals surface area (Å²) in [7, 11) is 0. The minimum atomic E-state index is -0.570. The molecule has 0 bridgehead atoms. The molecule has 1 fully saturated rings. The molecule has 1 amide bonds. The first-order valence-corrected chi connectivity index (χ1v) is 9.66. The first-order chi connectivity index (χ1) is 13.1. The zero-order valence-electron chi connectivity index (χ0n) is 14.7. The summed E-state index contributed by atoms with van der Waals surface area (Å²) in [6.07, 6.45) is 2.30. The van der Waals surface area contributed by atoms with E-state index in [0.717, 1.165) is 30.1 Å². The third-order valence-corrected chi connectivity index (χ3v) is 5.20. The fourth-order valence-electron chi connectivity index (χ4n) is 2.69. The molecular formula is C20H20FNO4S. The van der Waals surface area contributed by atoms with Crippen molar-refractivity contribution >= 4 is 29.3 Å². The van der Waals surface area contributed by atoms with Gasteiger partial charge in [-0.15, -0.1) is 11.8 Å². The maximum Gasteiger partial charge on any atom is 0.339 e. The first-order valence-electron chi connectivity index (χ1n) is 8.68. The molecule has 1 saturated heterocycles. The van der Waals surface area contributed by atoms with Crippen molar-refractivity contribution < 1.29 is 23.5 Å². The molecule has 1 atom stereocenters. The van der Waals surface area contributed by atoms with E-state index in [0.29, 0.717) is 11.3 Å². The van der Waals surface area contributed by atoms with Gasteiger partial charge in [0.15, 0.2) is 6.61 Å². The van der Waals surface area contributed by atoms with Crippen LogP contribution in [0.3, 0.4) is 0 Å². The normalized spacial score (nSPS) is 16.1. The highest BCUT2D eigenvalue weighted by molar-refractivity contribution is 7.99. The van der Waals surface area contributed by atoms with Crippen LogP contribution in [-0.4, -0.2) is 36.9 Å². The fraction of sp³-hybridized carbons (Fsp3) is 0.300. The quantitative estimate of drug-likeness (QED) is 0.575. The molecule has 0 aliphatic carbocycles. The Bertz CT molecular complexity index is 808. The molecule has 0 spiro atoms. The molecule has 142 valence electrons. The second-order valence-corrected chi connectivity index (χ2v) is 7.14. The number of esters is 1. The number of halogens is 1. The van der Waals surface area contributed by atoms with Crippen molar-refractivity contribution in [3.63, 3.8) is 0 Å². The molecule has 0 radical (unpaired) electrons. The number of hydrogen-bond acceptors (Lipinski definition) is 5. The average Bonchev–Trinajstić information content (AvgIpc) is 3.18. The van der Waals surface area contributed by atoms with Crippen LogP contribution in [0.1, 0.15) is 23.2 Å². The van der Waals surface area contributed by atoms with E-state index in [9.17, 15) is 14.0 Å². The van der Waals surface area contributed by atoms with Gasteiger partial charge < -0.3 is 14.8 Å². The van der Waals surface area contributed by atoms with E-state index in [1.54, 1.807) is 30.0 Å². The Morgan fingerprint density at radius 3 is 2.85 bits per heavy atom. The van der Waals surface area contributed by atoms with E-state index in [-0.39, 0.29) is 6.10 Å². The molecule has 3 rings (SSSR count). The van der Waals surface area contributed by atoms with Gasteiger partial charge in [0.05, 0.1) is 11.7 Å². The number of carbonyl (C=O) groups is 2. The van der Waals surface area contributed by atoms with Crippen LogP contribution >= 0.6 is 11.8 Å². The number of hydrogen-bond donors (Lipinski definition) is 1. The predicted molar refractivity (Wildman–Crippen MR) is 101 cm³/mol. The van der Waals surface area contributed by atoms with Gasteiger partial charge in [-0.1, -0.05) is 18.2 Å².